The van der Waals surface area contributed by atoms with Gasteiger partial charge in [0.05, 0.1) is 5.56 Å². The van der Waals surface area contributed by atoms with Crippen LogP contribution in [0.4, 0.5) is 5.82 Å². The fourth-order valence-electron chi connectivity index (χ4n) is 1.72. The third-order valence-electron chi connectivity index (χ3n) is 2.82. The van der Waals surface area contributed by atoms with Gasteiger partial charge in [-0.2, -0.15) is 5.10 Å². The first-order valence-electron chi connectivity index (χ1n) is 5.63. The van der Waals surface area contributed by atoms with Gasteiger partial charge in [0, 0.05) is 25.4 Å². The number of benzene rings is 1. The zero-order valence-electron chi connectivity index (χ0n) is 10.8. The van der Waals surface area contributed by atoms with Crippen LogP contribution in [-0.4, -0.2) is 20.9 Å². The van der Waals surface area contributed by atoms with Crippen LogP contribution < -0.4 is 5.32 Å². The molecule has 0 aliphatic rings. The summed E-state index contributed by atoms with van der Waals surface area (Å²) in [6.45, 7) is 2.41. The summed E-state index contributed by atoms with van der Waals surface area (Å²) in [5.74, 6) is -0.167. The predicted molar refractivity (Wildman–Crippen MR) is 75.9 cm³/mol. The number of nitrogens with one attached hydrogen (secondary N) is 1. The summed E-state index contributed by atoms with van der Waals surface area (Å²) in [4.78, 5) is 11.0. The number of carboxylic acid groups (broad SMARTS) is 1. The van der Waals surface area contributed by atoms with Crippen LogP contribution in [0.1, 0.15) is 21.6 Å². The van der Waals surface area contributed by atoms with Gasteiger partial charge in [-0.05, 0) is 18.6 Å². The number of hydrogen-bond donors (Lipinski definition) is 2. The zero-order chi connectivity index (χ0) is 13.1. The summed E-state index contributed by atoms with van der Waals surface area (Å²) in [6, 6.07) is 8.86. The van der Waals surface area contributed by atoms with E-state index in [4.69, 9.17) is 5.11 Å². The van der Waals surface area contributed by atoms with E-state index in [2.05, 4.69) is 10.4 Å². The van der Waals surface area contributed by atoms with Crippen LogP contribution in [0.15, 0.2) is 30.3 Å². The van der Waals surface area contributed by atoms with E-state index in [0.717, 1.165) is 17.1 Å². The lowest BCUT2D eigenvalue weighted by Crippen LogP contribution is -2.07. The Labute approximate surface area is 117 Å². The average Bonchev–Trinajstić information content (AvgIpc) is 2.66. The first-order chi connectivity index (χ1) is 8.58. The van der Waals surface area contributed by atoms with Gasteiger partial charge in [0.1, 0.15) is 5.82 Å². The smallest absolute Gasteiger partial charge is 0.336 e. The molecule has 5 nitrogen and oxygen atoms in total. The van der Waals surface area contributed by atoms with Crippen molar-refractivity contribution >= 4 is 24.2 Å². The van der Waals surface area contributed by atoms with E-state index in [1.165, 1.54) is 0 Å². The molecule has 0 bridgehead atoms. The second-order valence-electron chi connectivity index (χ2n) is 4.11. The Hall–Kier alpha value is -2.01. The molecule has 0 aliphatic carbocycles. The van der Waals surface area contributed by atoms with Gasteiger partial charge in [-0.15, -0.1) is 12.4 Å². The van der Waals surface area contributed by atoms with E-state index in [-0.39, 0.29) is 12.4 Å². The zero-order valence-corrected chi connectivity index (χ0v) is 11.6. The first kappa shape index (κ1) is 15.0. The van der Waals surface area contributed by atoms with Crippen LogP contribution >= 0.6 is 12.4 Å². The van der Waals surface area contributed by atoms with Gasteiger partial charge in [0.15, 0.2) is 0 Å². The van der Waals surface area contributed by atoms with E-state index >= 15 is 0 Å². The number of aryl methyl sites for hydroxylation is 2. The minimum Gasteiger partial charge on any atom is -0.478 e. The van der Waals surface area contributed by atoms with Gasteiger partial charge in [-0.3, -0.25) is 4.68 Å². The number of anilines is 1. The Morgan fingerprint density at radius 2 is 2.11 bits per heavy atom. The molecule has 6 heteroatoms. The predicted octanol–water partition coefficient (Wildman–Crippen LogP) is 2.46. The second-order valence-corrected chi connectivity index (χ2v) is 4.11. The normalized spacial score (nSPS) is 9.79. The maximum atomic E-state index is 11.0. The van der Waals surface area contributed by atoms with Crippen LogP contribution in [0.5, 0.6) is 0 Å². The fraction of sp³-hybridized carbons (Fsp3) is 0.231. The van der Waals surface area contributed by atoms with Gasteiger partial charge in [0.2, 0.25) is 0 Å². The first-order valence-corrected chi connectivity index (χ1v) is 5.63. The van der Waals surface area contributed by atoms with Gasteiger partial charge in [-0.25, -0.2) is 4.79 Å². The maximum absolute atomic E-state index is 11.0. The lowest BCUT2D eigenvalue weighted by atomic mass is 10.1. The van der Waals surface area contributed by atoms with Crippen molar-refractivity contribution in [1.29, 1.82) is 0 Å². The summed E-state index contributed by atoms with van der Waals surface area (Å²) in [7, 11) is 1.87. The molecule has 1 aromatic heterocycles. The molecule has 2 aromatic rings. The maximum Gasteiger partial charge on any atom is 0.336 e. The topological polar surface area (TPSA) is 67.2 Å². The van der Waals surface area contributed by atoms with E-state index in [1.807, 2.05) is 26.1 Å². The minimum atomic E-state index is -0.912. The van der Waals surface area contributed by atoms with Crippen molar-refractivity contribution in [1.82, 2.24) is 9.78 Å². The van der Waals surface area contributed by atoms with Crippen LogP contribution in [0.3, 0.4) is 0 Å². The molecule has 0 spiro atoms. The Bertz CT molecular complexity index is 562. The molecule has 0 aliphatic heterocycles. The Kier molecular flexibility index (Phi) is 4.94. The Morgan fingerprint density at radius 3 is 2.68 bits per heavy atom. The molecule has 19 heavy (non-hydrogen) atoms. The van der Waals surface area contributed by atoms with Crippen molar-refractivity contribution < 1.29 is 9.90 Å². The van der Waals surface area contributed by atoms with Crippen molar-refractivity contribution in [3.8, 4) is 0 Å². The molecule has 2 rings (SSSR count). The number of nitrogens with zero attached hydrogens (tertiary/aromatic N) is 2. The summed E-state index contributed by atoms with van der Waals surface area (Å²) >= 11 is 0. The molecule has 0 unspecified atom stereocenters. The van der Waals surface area contributed by atoms with E-state index in [0.29, 0.717) is 12.1 Å². The summed E-state index contributed by atoms with van der Waals surface area (Å²) in [5, 5.41) is 16.4. The SMILES string of the molecule is Cc1cc(NCc2ccccc2C(=O)O)nn1C.Cl. The standard InChI is InChI=1S/C13H15N3O2.ClH/c1-9-7-12(15-16(9)2)14-8-10-5-3-4-6-11(10)13(17)18;/h3-7H,8H2,1-2H3,(H,14,15)(H,17,18);1H. The lowest BCUT2D eigenvalue weighted by molar-refractivity contribution is 0.0696. The number of rotatable bonds is 4. The molecule has 1 aromatic carbocycles. The molecule has 102 valence electrons. The van der Waals surface area contributed by atoms with E-state index in [1.54, 1.807) is 22.9 Å². The highest BCUT2D eigenvalue weighted by Crippen LogP contribution is 2.12. The molecule has 1 heterocycles. The number of aromatic nitrogens is 2. The van der Waals surface area contributed by atoms with E-state index < -0.39 is 5.97 Å². The molecular weight excluding hydrogens is 266 g/mol. The molecule has 0 fully saturated rings. The van der Waals surface area contributed by atoms with Gasteiger partial charge in [0.25, 0.3) is 0 Å². The third kappa shape index (κ3) is 3.48. The lowest BCUT2D eigenvalue weighted by Gasteiger charge is -2.06. The van der Waals surface area contributed by atoms with Crippen molar-refractivity contribution in [2.75, 3.05) is 5.32 Å². The number of carboxylic acids is 1. The molecular formula is C13H16ClN3O2. The minimum absolute atomic E-state index is 0. The van der Waals surface area contributed by atoms with Gasteiger partial charge in [-0.1, -0.05) is 18.2 Å². The quantitative estimate of drug-likeness (QED) is 0.903. The summed E-state index contributed by atoms with van der Waals surface area (Å²) < 4.78 is 1.77. The monoisotopic (exact) mass is 281 g/mol. The Balaban J connectivity index is 0.00000180. The van der Waals surface area contributed by atoms with Crippen LogP contribution in [0.2, 0.25) is 0 Å². The summed E-state index contributed by atoms with van der Waals surface area (Å²) in [6.07, 6.45) is 0. The molecule has 2 N–H and O–H groups in total. The molecule has 0 saturated heterocycles. The van der Waals surface area contributed by atoms with Crippen molar-refractivity contribution in [2.24, 2.45) is 7.05 Å². The number of hydrogen-bond acceptors (Lipinski definition) is 3. The highest BCUT2D eigenvalue weighted by atomic mass is 35.5. The van der Waals surface area contributed by atoms with Gasteiger partial charge < -0.3 is 10.4 Å². The Morgan fingerprint density at radius 1 is 1.42 bits per heavy atom. The van der Waals surface area contributed by atoms with Crippen molar-refractivity contribution in [3.05, 3.63) is 47.2 Å². The molecule has 0 atom stereocenters. The van der Waals surface area contributed by atoms with Crippen molar-refractivity contribution in [3.63, 3.8) is 0 Å². The van der Waals surface area contributed by atoms with Gasteiger partial charge >= 0.3 is 5.97 Å². The number of carbonyl (C=O) groups is 1. The highest BCUT2D eigenvalue weighted by Gasteiger charge is 2.09. The average molecular weight is 282 g/mol. The molecule has 0 saturated carbocycles. The van der Waals surface area contributed by atoms with Crippen LogP contribution in [-0.2, 0) is 13.6 Å². The molecule has 0 radical (unpaired) electrons. The van der Waals surface area contributed by atoms with Crippen molar-refractivity contribution in [2.45, 2.75) is 13.5 Å². The molecule has 0 amide bonds. The highest BCUT2D eigenvalue weighted by molar-refractivity contribution is 5.89. The fourth-order valence-corrected chi connectivity index (χ4v) is 1.72. The van der Waals surface area contributed by atoms with E-state index in [9.17, 15) is 4.79 Å². The number of aromatic carboxylic acids is 1. The van der Waals surface area contributed by atoms with Crippen LogP contribution in [0, 0.1) is 6.92 Å². The largest absolute Gasteiger partial charge is 0.478 e. The third-order valence-corrected chi connectivity index (χ3v) is 2.82. The number of halogens is 1. The van der Waals surface area contributed by atoms with Crippen LogP contribution in [0.25, 0.3) is 0 Å². The summed E-state index contributed by atoms with van der Waals surface area (Å²) in [5.41, 5.74) is 2.11. The second kappa shape index (κ2) is 6.24.